The third-order valence-corrected chi connectivity index (χ3v) is 5.07. The zero-order chi connectivity index (χ0) is 19.1. The summed E-state index contributed by atoms with van der Waals surface area (Å²) in [6, 6.07) is 10.9. The van der Waals surface area contributed by atoms with Gasteiger partial charge in [0.1, 0.15) is 11.6 Å². The molecule has 0 saturated heterocycles. The van der Waals surface area contributed by atoms with Crippen LogP contribution in [0.15, 0.2) is 59.5 Å². The van der Waals surface area contributed by atoms with Crippen molar-refractivity contribution in [3.05, 3.63) is 71.8 Å². The van der Waals surface area contributed by atoms with E-state index < -0.39 is 39.1 Å². The summed E-state index contributed by atoms with van der Waals surface area (Å²) >= 11 is 0. The van der Waals surface area contributed by atoms with Gasteiger partial charge in [-0.2, -0.15) is 13.2 Å². The van der Waals surface area contributed by atoms with E-state index in [0.29, 0.717) is 10.8 Å². The summed E-state index contributed by atoms with van der Waals surface area (Å²) in [5.74, 6) is -3.32. The van der Waals surface area contributed by atoms with Crippen LogP contribution in [0.3, 0.4) is 0 Å². The fourth-order valence-corrected chi connectivity index (χ4v) is 3.76. The standard InChI is InChI=1S/C17H10F5NO2S/c18-13-9-15(14(19)8-12(13)17(20,21)22)23-26(24,25)16-7-3-5-10-4-1-2-6-11(10)16/h1-9,23H. The lowest BCUT2D eigenvalue weighted by atomic mass is 10.1. The van der Waals surface area contributed by atoms with Crippen molar-refractivity contribution in [2.75, 3.05) is 4.72 Å². The Balaban J connectivity index is 2.07. The number of nitrogens with one attached hydrogen (secondary N) is 1. The molecule has 3 rings (SSSR count). The number of alkyl halides is 3. The normalized spacial score (nSPS) is 12.3. The molecule has 0 heterocycles. The molecule has 9 heteroatoms. The summed E-state index contributed by atoms with van der Waals surface area (Å²) in [7, 11) is -4.37. The van der Waals surface area contributed by atoms with Crippen molar-refractivity contribution in [1.29, 1.82) is 0 Å². The van der Waals surface area contributed by atoms with E-state index in [4.69, 9.17) is 0 Å². The highest BCUT2D eigenvalue weighted by Crippen LogP contribution is 2.34. The Morgan fingerprint density at radius 3 is 2.19 bits per heavy atom. The first kappa shape index (κ1) is 18.1. The van der Waals surface area contributed by atoms with Crippen molar-refractivity contribution in [2.24, 2.45) is 0 Å². The summed E-state index contributed by atoms with van der Waals surface area (Å²) in [5, 5.41) is 0.921. The quantitative estimate of drug-likeness (QED) is 0.648. The number of fused-ring (bicyclic) bond motifs is 1. The van der Waals surface area contributed by atoms with Gasteiger partial charge in [-0.25, -0.2) is 17.2 Å². The second kappa shape index (κ2) is 6.24. The van der Waals surface area contributed by atoms with Crippen molar-refractivity contribution in [3.63, 3.8) is 0 Å². The van der Waals surface area contributed by atoms with Crippen LogP contribution >= 0.6 is 0 Å². The molecule has 0 saturated carbocycles. The monoisotopic (exact) mass is 387 g/mol. The molecule has 0 fully saturated rings. The number of sulfonamides is 1. The molecule has 26 heavy (non-hydrogen) atoms. The first-order valence-corrected chi connectivity index (χ1v) is 8.65. The van der Waals surface area contributed by atoms with E-state index in [9.17, 15) is 30.4 Å². The van der Waals surface area contributed by atoms with E-state index in [1.165, 1.54) is 18.2 Å². The average molecular weight is 387 g/mol. The van der Waals surface area contributed by atoms with Gasteiger partial charge in [-0.3, -0.25) is 4.72 Å². The van der Waals surface area contributed by atoms with Gasteiger partial charge in [0.05, 0.1) is 16.1 Å². The highest BCUT2D eigenvalue weighted by atomic mass is 32.2. The minimum Gasteiger partial charge on any atom is -0.277 e. The lowest BCUT2D eigenvalue weighted by Crippen LogP contribution is -2.16. The second-order valence-corrected chi connectivity index (χ2v) is 7.04. The molecule has 0 aliphatic heterocycles. The molecule has 136 valence electrons. The number of anilines is 1. The van der Waals surface area contributed by atoms with Gasteiger partial charge >= 0.3 is 6.18 Å². The van der Waals surface area contributed by atoms with Crippen molar-refractivity contribution in [1.82, 2.24) is 0 Å². The zero-order valence-corrected chi connectivity index (χ0v) is 13.6. The third kappa shape index (κ3) is 3.34. The van der Waals surface area contributed by atoms with Crippen molar-refractivity contribution in [3.8, 4) is 0 Å². The zero-order valence-electron chi connectivity index (χ0n) is 12.8. The molecule has 3 aromatic carbocycles. The summed E-state index contributed by atoms with van der Waals surface area (Å²) in [6.45, 7) is 0. The van der Waals surface area contributed by atoms with Crippen LogP contribution < -0.4 is 4.72 Å². The second-order valence-electron chi connectivity index (χ2n) is 5.39. The van der Waals surface area contributed by atoms with E-state index in [-0.39, 0.29) is 17.0 Å². The van der Waals surface area contributed by atoms with Crippen LogP contribution in [0.4, 0.5) is 27.6 Å². The van der Waals surface area contributed by atoms with E-state index in [2.05, 4.69) is 0 Å². The molecule has 3 aromatic rings. The van der Waals surface area contributed by atoms with Gasteiger partial charge < -0.3 is 0 Å². The molecule has 0 aromatic heterocycles. The molecule has 0 spiro atoms. The first-order valence-electron chi connectivity index (χ1n) is 7.16. The van der Waals surface area contributed by atoms with Gasteiger partial charge in [0.15, 0.2) is 0 Å². The average Bonchev–Trinajstić information content (AvgIpc) is 2.56. The Morgan fingerprint density at radius 2 is 1.50 bits per heavy atom. The van der Waals surface area contributed by atoms with Crippen molar-refractivity contribution < 1.29 is 30.4 Å². The lowest BCUT2D eigenvalue weighted by Gasteiger charge is -2.13. The van der Waals surface area contributed by atoms with E-state index in [1.54, 1.807) is 29.0 Å². The van der Waals surface area contributed by atoms with Crippen LogP contribution in [0.2, 0.25) is 0 Å². The van der Waals surface area contributed by atoms with E-state index in [1.807, 2.05) is 0 Å². The molecule has 0 atom stereocenters. The maximum Gasteiger partial charge on any atom is 0.419 e. The van der Waals surface area contributed by atoms with E-state index in [0.717, 1.165) is 0 Å². The molecule has 0 radical (unpaired) electrons. The van der Waals surface area contributed by atoms with Crippen LogP contribution in [-0.2, 0) is 16.2 Å². The number of benzene rings is 3. The first-order chi connectivity index (χ1) is 12.1. The Bertz CT molecular complexity index is 1090. The van der Waals surface area contributed by atoms with Gasteiger partial charge in [-0.15, -0.1) is 0 Å². The summed E-state index contributed by atoms with van der Waals surface area (Å²) in [5.41, 5.74) is -2.73. The van der Waals surface area contributed by atoms with Crippen LogP contribution in [0.5, 0.6) is 0 Å². The van der Waals surface area contributed by atoms with Gasteiger partial charge in [0.2, 0.25) is 0 Å². The van der Waals surface area contributed by atoms with Gasteiger partial charge in [0.25, 0.3) is 10.0 Å². The van der Waals surface area contributed by atoms with Crippen LogP contribution in [-0.4, -0.2) is 8.42 Å². The van der Waals surface area contributed by atoms with Gasteiger partial charge in [-0.1, -0.05) is 36.4 Å². The maximum atomic E-state index is 13.9. The Labute approximate surface area is 145 Å². The third-order valence-electron chi connectivity index (χ3n) is 3.65. The van der Waals surface area contributed by atoms with Crippen LogP contribution in [0.1, 0.15) is 5.56 Å². The highest BCUT2D eigenvalue weighted by Gasteiger charge is 2.35. The van der Waals surface area contributed by atoms with Gasteiger partial charge in [0, 0.05) is 11.5 Å². The Morgan fingerprint density at radius 1 is 0.846 bits per heavy atom. The smallest absolute Gasteiger partial charge is 0.277 e. The maximum absolute atomic E-state index is 13.9. The van der Waals surface area contributed by atoms with Gasteiger partial charge in [-0.05, 0) is 17.5 Å². The molecule has 1 N–H and O–H groups in total. The lowest BCUT2D eigenvalue weighted by molar-refractivity contribution is -0.140. The number of halogens is 5. The molecule has 0 unspecified atom stereocenters. The SMILES string of the molecule is O=S(=O)(Nc1cc(F)c(C(F)(F)F)cc1F)c1cccc2ccccc12. The van der Waals surface area contributed by atoms with Crippen LogP contribution in [0.25, 0.3) is 10.8 Å². The van der Waals surface area contributed by atoms with Crippen molar-refractivity contribution >= 4 is 26.5 Å². The minimum atomic E-state index is -5.10. The topological polar surface area (TPSA) is 46.2 Å². The largest absolute Gasteiger partial charge is 0.419 e. The number of hydrogen-bond acceptors (Lipinski definition) is 2. The predicted octanol–water partition coefficient (Wildman–Crippen LogP) is 4.94. The summed E-state index contributed by atoms with van der Waals surface area (Å²) in [6.07, 6.45) is -5.10. The number of hydrogen-bond donors (Lipinski definition) is 1. The summed E-state index contributed by atoms with van der Waals surface area (Å²) in [4.78, 5) is -0.213. The van der Waals surface area contributed by atoms with E-state index >= 15 is 0 Å². The molecule has 0 amide bonds. The highest BCUT2D eigenvalue weighted by molar-refractivity contribution is 7.93. The predicted molar refractivity (Wildman–Crippen MR) is 86.1 cm³/mol. The fourth-order valence-electron chi connectivity index (χ4n) is 2.47. The molecular weight excluding hydrogens is 377 g/mol. The summed E-state index contributed by atoms with van der Waals surface area (Å²) < 4.78 is 92.2. The number of rotatable bonds is 3. The molecule has 0 aliphatic carbocycles. The molecule has 3 nitrogen and oxygen atoms in total. The fraction of sp³-hybridized carbons (Fsp3) is 0.0588. The Kier molecular flexibility index (Phi) is 4.35. The Hall–Kier alpha value is -2.68. The minimum absolute atomic E-state index is 0.0870. The molecule has 0 bridgehead atoms. The molecular formula is C17H10F5NO2S. The van der Waals surface area contributed by atoms with Crippen LogP contribution in [0, 0.1) is 11.6 Å². The molecule has 0 aliphatic rings. The van der Waals surface area contributed by atoms with Crippen molar-refractivity contribution in [2.45, 2.75) is 11.1 Å².